The van der Waals surface area contributed by atoms with Gasteiger partial charge in [-0.2, -0.15) is 0 Å². The number of nitrogens with two attached hydrogens (primary N) is 1. The Kier molecular flexibility index (Phi) is 5.19. The summed E-state index contributed by atoms with van der Waals surface area (Å²) in [6.45, 7) is 1.92. The maximum Gasteiger partial charge on any atom is 0.227 e. The van der Waals surface area contributed by atoms with E-state index in [1.54, 1.807) is 4.90 Å². The second kappa shape index (κ2) is 6.91. The lowest BCUT2D eigenvalue weighted by molar-refractivity contribution is -0.139. The van der Waals surface area contributed by atoms with E-state index in [1.165, 1.54) is 0 Å². The van der Waals surface area contributed by atoms with Gasteiger partial charge in [0.05, 0.1) is 19.1 Å². The maximum atomic E-state index is 13.2. The molecule has 1 heterocycles. The van der Waals surface area contributed by atoms with Crippen molar-refractivity contribution < 1.29 is 22.7 Å². The molecule has 1 unspecified atom stereocenters. The van der Waals surface area contributed by atoms with Gasteiger partial charge in [-0.3, -0.25) is 4.79 Å². The monoisotopic (exact) mass is 302 g/mol. The molecule has 0 aliphatic carbocycles. The zero-order valence-corrected chi connectivity index (χ0v) is 11.4. The van der Waals surface area contributed by atoms with E-state index in [-0.39, 0.29) is 24.4 Å². The van der Waals surface area contributed by atoms with Crippen LogP contribution in [0.5, 0.6) is 0 Å². The maximum absolute atomic E-state index is 13.2. The van der Waals surface area contributed by atoms with Crippen LogP contribution >= 0.6 is 0 Å². The van der Waals surface area contributed by atoms with Gasteiger partial charge in [-0.1, -0.05) is 0 Å². The molecule has 0 aromatic heterocycles. The van der Waals surface area contributed by atoms with Gasteiger partial charge in [0.15, 0.2) is 17.5 Å². The van der Waals surface area contributed by atoms with Gasteiger partial charge in [0.2, 0.25) is 5.91 Å². The summed E-state index contributed by atoms with van der Waals surface area (Å²) < 4.78 is 44.5. The van der Waals surface area contributed by atoms with Crippen LogP contribution in [-0.4, -0.2) is 43.7 Å². The SMILES string of the molecule is NCC(Cc1cc(F)c(F)c(F)c1)C(=O)N1CCOCC1. The molecule has 0 radical (unpaired) electrons. The summed E-state index contributed by atoms with van der Waals surface area (Å²) in [4.78, 5) is 13.9. The summed E-state index contributed by atoms with van der Waals surface area (Å²) in [5.41, 5.74) is 5.81. The highest BCUT2D eigenvalue weighted by Gasteiger charge is 2.25. The first-order valence-corrected chi connectivity index (χ1v) is 6.73. The first-order valence-electron chi connectivity index (χ1n) is 6.73. The number of amides is 1. The third kappa shape index (κ3) is 3.74. The van der Waals surface area contributed by atoms with Crippen LogP contribution in [0.1, 0.15) is 5.56 Å². The minimum absolute atomic E-state index is 0.0524. The van der Waals surface area contributed by atoms with Crippen LogP contribution in [-0.2, 0) is 16.0 Å². The Labute approximate surface area is 120 Å². The first-order chi connectivity index (χ1) is 10.0. The fourth-order valence-electron chi connectivity index (χ4n) is 2.32. The van der Waals surface area contributed by atoms with Gasteiger partial charge in [-0.25, -0.2) is 13.2 Å². The van der Waals surface area contributed by atoms with Gasteiger partial charge in [-0.05, 0) is 24.1 Å². The van der Waals surface area contributed by atoms with Crippen LogP contribution in [0, 0.1) is 23.4 Å². The molecular weight excluding hydrogens is 285 g/mol. The highest BCUT2D eigenvalue weighted by atomic mass is 19.2. The number of nitrogens with zero attached hydrogens (tertiary/aromatic N) is 1. The van der Waals surface area contributed by atoms with Gasteiger partial charge in [0.25, 0.3) is 0 Å². The zero-order chi connectivity index (χ0) is 15.4. The van der Waals surface area contributed by atoms with Gasteiger partial charge in [0.1, 0.15) is 0 Å². The number of ether oxygens (including phenoxy) is 1. The molecule has 21 heavy (non-hydrogen) atoms. The molecule has 7 heteroatoms. The summed E-state index contributed by atoms with van der Waals surface area (Å²) in [6.07, 6.45) is 0.0702. The summed E-state index contributed by atoms with van der Waals surface area (Å²) >= 11 is 0. The number of benzene rings is 1. The molecule has 1 amide bonds. The lowest BCUT2D eigenvalue weighted by atomic mass is 9.97. The molecule has 2 N–H and O–H groups in total. The smallest absolute Gasteiger partial charge is 0.227 e. The Morgan fingerprint density at radius 3 is 2.33 bits per heavy atom. The third-order valence-electron chi connectivity index (χ3n) is 3.48. The minimum Gasteiger partial charge on any atom is -0.378 e. The highest BCUT2D eigenvalue weighted by molar-refractivity contribution is 5.79. The molecule has 0 spiro atoms. The molecule has 0 bridgehead atoms. The molecule has 1 fully saturated rings. The molecule has 1 atom stereocenters. The normalized spacial score (nSPS) is 16.9. The van der Waals surface area contributed by atoms with Gasteiger partial charge in [0, 0.05) is 19.6 Å². The van der Waals surface area contributed by atoms with Crippen molar-refractivity contribution in [1.82, 2.24) is 4.90 Å². The van der Waals surface area contributed by atoms with Gasteiger partial charge < -0.3 is 15.4 Å². The highest BCUT2D eigenvalue weighted by Crippen LogP contribution is 2.18. The fourth-order valence-corrected chi connectivity index (χ4v) is 2.32. The number of carbonyl (C=O) groups excluding carboxylic acids is 1. The summed E-state index contributed by atoms with van der Waals surface area (Å²) in [7, 11) is 0. The molecule has 1 aromatic carbocycles. The fraction of sp³-hybridized carbons (Fsp3) is 0.500. The molecular formula is C14H17F3N2O2. The third-order valence-corrected chi connectivity index (χ3v) is 3.48. The summed E-state index contributed by atoms with van der Waals surface area (Å²) in [5.74, 6) is -4.81. The Hall–Kier alpha value is -1.60. The van der Waals surface area contributed by atoms with E-state index in [9.17, 15) is 18.0 Å². The Balaban J connectivity index is 2.09. The van der Waals surface area contributed by atoms with Crippen molar-refractivity contribution in [3.63, 3.8) is 0 Å². The van der Waals surface area contributed by atoms with Gasteiger partial charge in [-0.15, -0.1) is 0 Å². The number of carbonyl (C=O) groups is 1. The van der Waals surface area contributed by atoms with E-state index in [0.29, 0.717) is 26.3 Å². The van der Waals surface area contributed by atoms with Crippen molar-refractivity contribution in [2.24, 2.45) is 11.7 Å². The van der Waals surface area contributed by atoms with E-state index < -0.39 is 23.4 Å². The molecule has 1 aliphatic heterocycles. The second-order valence-electron chi connectivity index (χ2n) is 4.95. The second-order valence-corrected chi connectivity index (χ2v) is 4.95. The summed E-state index contributed by atoms with van der Waals surface area (Å²) in [6, 6.07) is 1.79. The Bertz CT molecular complexity index is 496. The van der Waals surface area contributed by atoms with Crippen molar-refractivity contribution in [1.29, 1.82) is 0 Å². The molecule has 4 nitrogen and oxygen atoms in total. The largest absolute Gasteiger partial charge is 0.378 e. The molecule has 0 saturated carbocycles. The van der Waals surface area contributed by atoms with Crippen LogP contribution in [0.25, 0.3) is 0 Å². The van der Waals surface area contributed by atoms with Crippen molar-refractivity contribution in [3.05, 3.63) is 35.1 Å². The predicted octanol–water partition coefficient (Wildman–Crippen LogP) is 1.08. The minimum atomic E-state index is -1.51. The molecule has 1 saturated heterocycles. The number of hydrogen-bond acceptors (Lipinski definition) is 3. The van der Waals surface area contributed by atoms with Crippen LogP contribution < -0.4 is 5.73 Å². The topological polar surface area (TPSA) is 55.6 Å². The number of rotatable bonds is 4. The van der Waals surface area contributed by atoms with Crippen LogP contribution in [0.4, 0.5) is 13.2 Å². The van der Waals surface area contributed by atoms with Crippen LogP contribution in [0.15, 0.2) is 12.1 Å². The lowest BCUT2D eigenvalue weighted by Crippen LogP contribution is -2.46. The zero-order valence-electron chi connectivity index (χ0n) is 11.4. The molecule has 1 aliphatic rings. The number of halogens is 3. The Morgan fingerprint density at radius 1 is 1.24 bits per heavy atom. The van der Waals surface area contributed by atoms with Crippen molar-refractivity contribution in [2.75, 3.05) is 32.8 Å². The van der Waals surface area contributed by atoms with Crippen LogP contribution in [0.2, 0.25) is 0 Å². The van der Waals surface area contributed by atoms with Crippen LogP contribution in [0.3, 0.4) is 0 Å². The van der Waals surface area contributed by atoms with Crippen molar-refractivity contribution >= 4 is 5.91 Å². The number of morpholine rings is 1. The van der Waals surface area contributed by atoms with E-state index >= 15 is 0 Å². The lowest BCUT2D eigenvalue weighted by Gasteiger charge is -2.30. The first kappa shape index (κ1) is 15.8. The quantitative estimate of drug-likeness (QED) is 0.847. The summed E-state index contributed by atoms with van der Waals surface area (Å²) in [5, 5.41) is 0. The Morgan fingerprint density at radius 2 is 1.81 bits per heavy atom. The van der Waals surface area contributed by atoms with Crippen molar-refractivity contribution in [3.8, 4) is 0 Å². The van der Waals surface area contributed by atoms with E-state index in [0.717, 1.165) is 12.1 Å². The average Bonchev–Trinajstić information content (AvgIpc) is 2.50. The molecule has 2 rings (SSSR count). The van der Waals surface area contributed by atoms with E-state index in [1.807, 2.05) is 0 Å². The number of hydrogen-bond donors (Lipinski definition) is 1. The predicted molar refractivity (Wildman–Crippen MR) is 70.0 cm³/mol. The van der Waals surface area contributed by atoms with E-state index in [4.69, 9.17) is 10.5 Å². The molecule has 1 aromatic rings. The van der Waals surface area contributed by atoms with E-state index in [2.05, 4.69) is 0 Å². The van der Waals surface area contributed by atoms with Gasteiger partial charge >= 0.3 is 0 Å². The standard InChI is InChI=1S/C14H17F3N2O2/c15-11-6-9(7-12(16)13(11)17)5-10(8-18)14(20)19-1-3-21-4-2-19/h6-7,10H,1-5,8,18H2. The van der Waals surface area contributed by atoms with Crippen molar-refractivity contribution in [2.45, 2.75) is 6.42 Å². The molecule has 116 valence electrons. The average molecular weight is 302 g/mol.